The first-order valence-corrected chi connectivity index (χ1v) is 7.45. The summed E-state index contributed by atoms with van der Waals surface area (Å²) in [6.07, 6.45) is 4.80. The Morgan fingerprint density at radius 3 is 2.38 bits per heavy atom. The Labute approximate surface area is 129 Å². The van der Waals surface area contributed by atoms with Crippen LogP contribution in [0.15, 0.2) is 36.4 Å². The Morgan fingerprint density at radius 2 is 1.67 bits per heavy atom. The van der Waals surface area contributed by atoms with Gasteiger partial charge in [0.15, 0.2) is 0 Å². The van der Waals surface area contributed by atoms with Crippen molar-refractivity contribution < 1.29 is 4.74 Å². The average molecular weight is 301 g/mol. The van der Waals surface area contributed by atoms with Crippen LogP contribution in [-0.2, 0) is 12.8 Å². The van der Waals surface area contributed by atoms with Gasteiger partial charge in [-0.1, -0.05) is 17.7 Å². The number of aryl methyl sites for hydroxylation is 2. The molecule has 2 aromatic rings. The van der Waals surface area contributed by atoms with Gasteiger partial charge < -0.3 is 10.5 Å². The predicted octanol–water partition coefficient (Wildman–Crippen LogP) is 4.30. The van der Waals surface area contributed by atoms with Crippen LogP contribution in [0.4, 0.5) is 0 Å². The van der Waals surface area contributed by atoms with E-state index in [0.29, 0.717) is 16.3 Å². The van der Waals surface area contributed by atoms with Crippen molar-refractivity contribution in [3.63, 3.8) is 0 Å². The summed E-state index contributed by atoms with van der Waals surface area (Å²) in [5.74, 6) is 1.43. The Kier molecular flexibility index (Phi) is 3.84. The maximum atomic E-state index is 7.42. The van der Waals surface area contributed by atoms with Gasteiger partial charge in [0.25, 0.3) is 0 Å². The van der Waals surface area contributed by atoms with Crippen molar-refractivity contribution >= 4 is 17.4 Å². The first-order chi connectivity index (χ1) is 10.1. The second-order valence-corrected chi connectivity index (χ2v) is 5.70. The van der Waals surface area contributed by atoms with Crippen LogP contribution in [0.3, 0.4) is 0 Å². The molecule has 21 heavy (non-hydrogen) atoms. The fourth-order valence-electron chi connectivity index (χ4n) is 2.69. The number of benzene rings is 2. The molecule has 0 radical (unpaired) electrons. The number of nitrogens with one attached hydrogen (secondary N) is 1. The van der Waals surface area contributed by atoms with E-state index in [0.717, 1.165) is 18.6 Å². The minimum atomic E-state index is -0.0414. The third-order valence-corrected chi connectivity index (χ3v) is 4.10. The highest BCUT2D eigenvalue weighted by Gasteiger charge is 2.11. The van der Waals surface area contributed by atoms with Gasteiger partial charge in [0.1, 0.15) is 17.3 Å². The lowest BCUT2D eigenvalue weighted by atomic mass is 9.92. The molecule has 0 bridgehead atoms. The first-order valence-electron chi connectivity index (χ1n) is 7.07. The maximum absolute atomic E-state index is 7.42. The van der Waals surface area contributed by atoms with E-state index >= 15 is 0 Å². The monoisotopic (exact) mass is 300 g/mol. The highest BCUT2D eigenvalue weighted by molar-refractivity contribution is 6.34. The summed E-state index contributed by atoms with van der Waals surface area (Å²) in [4.78, 5) is 0. The fraction of sp³-hybridized carbons (Fsp3) is 0.235. The topological polar surface area (TPSA) is 59.1 Å². The summed E-state index contributed by atoms with van der Waals surface area (Å²) in [6, 6.07) is 11.4. The lowest BCUT2D eigenvalue weighted by Crippen LogP contribution is -2.11. The zero-order valence-corrected chi connectivity index (χ0v) is 12.4. The molecule has 108 valence electrons. The van der Waals surface area contributed by atoms with Gasteiger partial charge in [-0.05, 0) is 61.1 Å². The standard InChI is InChI=1S/C17H17ClN2O/c18-16-10-14(7-8-15(16)17(19)20)21-13-6-5-11-3-1-2-4-12(11)9-13/h5-10H,1-4H2,(H3,19,20). The van der Waals surface area contributed by atoms with Crippen LogP contribution in [0, 0.1) is 5.41 Å². The summed E-state index contributed by atoms with van der Waals surface area (Å²) >= 11 is 6.11. The van der Waals surface area contributed by atoms with Gasteiger partial charge in [-0.25, -0.2) is 0 Å². The van der Waals surface area contributed by atoms with Crippen LogP contribution in [0.1, 0.15) is 29.5 Å². The number of amidine groups is 1. The van der Waals surface area contributed by atoms with E-state index in [2.05, 4.69) is 12.1 Å². The van der Waals surface area contributed by atoms with Crippen molar-refractivity contribution in [2.45, 2.75) is 25.7 Å². The molecule has 4 heteroatoms. The molecule has 1 aliphatic carbocycles. The molecule has 0 heterocycles. The normalized spacial score (nSPS) is 13.6. The summed E-state index contributed by atoms with van der Waals surface area (Å²) in [5.41, 5.74) is 8.78. The number of hydrogen-bond donors (Lipinski definition) is 2. The van der Waals surface area contributed by atoms with E-state index in [-0.39, 0.29) is 5.84 Å². The number of rotatable bonds is 3. The van der Waals surface area contributed by atoms with E-state index in [1.54, 1.807) is 18.2 Å². The molecule has 0 spiro atoms. The van der Waals surface area contributed by atoms with Gasteiger partial charge >= 0.3 is 0 Å². The Balaban J connectivity index is 1.83. The number of hydrogen-bond acceptors (Lipinski definition) is 2. The van der Waals surface area contributed by atoms with E-state index in [9.17, 15) is 0 Å². The molecule has 0 atom stereocenters. The molecule has 0 aromatic heterocycles. The third kappa shape index (κ3) is 3.03. The largest absolute Gasteiger partial charge is 0.457 e. The molecule has 0 amide bonds. The quantitative estimate of drug-likeness (QED) is 0.656. The summed E-state index contributed by atoms with van der Waals surface area (Å²) < 4.78 is 5.86. The van der Waals surface area contributed by atoms with Crippen molar-refractivity contribution in [3.8, 4) is 11.5 Å². The number of ether oxygens (including phenoxy) is 1. The molecule has 0 fully saturated rings. The predicted molar refractivity (Wildman–Crippen MR) is 85.6 cm³/mol. The van der Waals surface area contributed by atoms with Crippen molar-refractivity contribution in [1.29, 1.82) is 5.41 Å². The molecule has 1 aliphatic rings. The van der Waals surface area contributed by atoms with Crippen LogP contribution in [0.5, 0.6) is 11.5 Å². The second-order valence-electron chi connectivity index (χ2n) is 5.30. The lowest BCUT2D eigenvalue weighted by molar-refractivity contribution is 0.481. The van der Waals surface area contributed by atoms with E-state index in [4.69, 9.17) is 27.5 Å². The molecule has 2 aromatic carbocycles. The Bertz CT molecular complexity index is 697. The minimum absolute atomic E-state index is 0.0414. The van der Waals surface area contributed by atoms with Gasteiger partial charge in [-0.3, -0.25) is 5.41 Å². The van der Waals surface area contributed by atoms with Crippen LogP contribution < -0.4 is 10.5 Å². The maximum Gasteiger partial charge on any atom is 0.128 e. The number of nitrogens with two attached hydrogens (primary N) is 1. The Morgan fingerprint density at radius 1 is 1.00 bits per heavy atom. The van der Waals surface area contributed by atoms with Crippen molar-refractivity contribution in [2.75, 3.05) is 0 Å². The highest BCUT2D eigenvalue weighted by Crippen LogP contribution is 2.30. The van der Waals surface area contributed by atoms with E-state index in [1.165, 1.54) is 24.0 Å². The summed E-state index contributed by atoms with van der Waals surface area (Å²) in [7, 11) is 0. The van der Waals surface area contributed by atoms with Crippen LogP contribution in [0.2, 0.25) is 5.02 Å². The zero-order chi connectivity index (χ0) is 14.8. The molecule has 3 N–H and O–H groups in total. The van der Waals surface area contributed by atoms with Gasteiger partial charge in [0.05, 0.1) is 5.02 Å². The third-order valence-electron chi connectivity index (χ3n) is 3.79. The molecule has 0 aliphatic heterocycles. The van der Waals surface area contributed by atoms with Gasteiger partial charge in [-0.2, -0.15) is 0 Å². The molecule has 3 nitrogen and oxygen atoms in total. The minimum Gasteiger partial charge on any atom is -0.457 e. The summed E-state index contributed by atoms with van der Waals surface area (Å²) in [5, 5.41) is 7.85. The SMILES string of the molecule is N=C(N)c1ccc(Oc2ccc3c(c2)CCCC3)cc1Cl. The van der Waals surface area contributed by atoms with E-state index in [1.807, 2.05) is 6.07 Å². The lowest BCUT2D eigenvalue weighted by Gasteiger charge is -2.17. The highest BCUT2D eigenvalue weighted by atomic mass is 35.5. The Hall–Kier alpha value is -2.00. The molecule has 0 unspecified atom stereocenters. The first kappa shape index (κ1) is 14.0. The number of fused-ring (bicyclic) bond motifs is 1. The molecular weight excluding hydrogens is 284 g/mol. The van der Waals surface area contributed by atoms with Crippen molar-refractivity contribution in [1.82, 2.24) is 0 Å². The zero-order valence-electron chi connectivity index (χ0n) is 11.7. The van der Waals surface area contributed by atoms with Crippen LogP contribution >= 0.6 is 11.6 Å². The van der Waals surface area contributed by atoms with Crippen LogP contribution in [0.25, 0.3) is 0 Å². The molecule has 3 rings (SSSR count). The smallest absolute Gasteiger partial charge is 0.128 e. The molecule has 0 saturated carbocycles. The molecular formula is C17H17ClN2O. The van der Waals surface area contributed by atoms with Gasteiger partial charge in [0, 0.05) is 11.6 Å². The second kappa shape index (κ2) is 5.78. The van der Waals surface area contributed by atoms with Crippen molar-refractivity contribution in [2.24, 2.45) is 5.73 Å². The molecule has 0 saturated heterocycles. The van der Waals surface area contributed by atoms with Gasteiger partial charge in [-0.15, -0.1) is 0 Å². The average Bonchev–Trinajstić information content (AvgIpc) is 2.47. The number of halogens is 1. The van der Waals surface area contributed by atoms with Gasteiger partial charge in [0.2, 0.25) is 0 Å². The van der Waals surface area contributed by atoms with E-state index < -0.39 is 0 Å². The summed E-state index contributed by atoms with van der Waals surface area (Å²) in [6.45, 7) is 0. The number of nitrogen functional groups attached to an aromatic ring is 1. The van der Waals surface area contributed by atoms with Crippen LogP contribution in [-0.4, -0.2) is 5.84 Å². The fourth-order valence-corrected chi connectivity index (χ4v) is 2.96. The van der Waals surface area contributed by atoms with Crippen molar-refractivity contribution in [3.05, 3.63) is 58.1 Å².